The van der Waals surface area contributed by atoms with E-state index in [0.29, 0.717) is 29.2 Å². The molecule has 1 amide bonds. The monoisotopic (exact) mass is 423 g/mol. The summed E-state index contributed by atoms with van der Waals surface area (Å²) < 4.78 is 5.42. The number of nitrogens with zero attached hydrogens (tertiary/aromatic N) is 3. The zero-order valence-corrected chi connectivity index (χ0v) is 18.3. The number of fused-ring (bicyclic) bond motifs is 4. The van der Waals surface area contributed by atoms with Gasteiger partial charge in [-0.1, -0.05) is 18.2 Å². The second-order valence-electron chi connectivity index (χ2n) is 9.88. The Morgan fingerprint density at radius 3 is 2.87 bits per heavy atom. The number of amides is 1. The van der Waals surface area contributed by atoms with E-state index in [1.807, 2.05) is 24.3 Å². The van der Waals surface area contributed by atoms with Crippen molar-refractivity contribution in [2.24, 2.45) is 5.92 Å². The summed E-state index contributed by atoms with van der Waals surface area (Å²) in [4.78, 5) is 21.4. The highest BCUT2D eigenvalue weighted by Crippen LogP contribution is 2.47. The van der Waals surface area contributed by atoms with Crippen molar-refractivity contribution < 1.29 is 9.53 Å². The lowest BCUT2D eigenvalue weighted by Crippen LogP contribution is -2.51. The van der Waals surface area contributed by atoms with E-state index in [1.54, 1.807) is 7.11 Å². The molecule has 1 spiro atoms. The summed E-state index contributed by atoms with van der Waals surface area (Å²) in [6.45, 7) is 5.64. The smallest absolute Gasteiger partial charge is 0.270 e. The van der Waals surface area contributed by atoms with Crippen LogP contribution in [-0.4, -0.2) is 89.8 Å². The summed E-state index contributed by atoms with van der Waals surface area (Å²) >= 11 is 0. The Bertz CT molecular complexity index is 937. The molecule has 4 fully saturated rings. The lowest BCUT2D eigenvalue weighted by molar-refractivity contribution is 0.0604. The minimum Gasteiger partial charge on any atom is -0.383 e. The fourth-order valence-corrected chi connectivity index (χ4v) is 6.23. The topological polar surface area (TPSA) is 63.8 Å². The van der Waals surface area contributed by atoms with Gasteiger partial charge in [0.1, 0.15) is 5.69 Å². The summed E-state index contributed by atoms with van der Waals surface area (Å²) in [5, 5.41) is 3.61. The number of hydrogen-bond donors (Lipinski definition) is 2. The number of aromatic nitrogens is 1. The maximum absolute atomic E-state index is 13.3. The van der Waals surface area contributed by atoms with Crippen LogP contribution in [0.2, 0.25) is 0 Å². The number of nitrogens with one attached hydrogen (secondary N) is 2. The third-order valence-corrected chi connectivity index (χ3v) is 8.22. The maximum Gasteiger partial charge on any atom is 0.270 e. The molecular weight excluding hydrogens is 390 g/mol. The quantitative estimate of drug-likeness (QED) is 0.788. The number of carbonyl (C=O) groups excluding carboxylic acids is 1. The number of aromatic amines is 1. The van der Waals surface area contributed by atoms with Gasteiger partial charge in [0.15, 0.2) is 0 Å². The molecule has 4 aliphatic rings. The van der Waals surface area contributed by atoms with Gasteiger partial charge in [-0.3, -0.25) is 15.1 Å². The largest absolute Gasteiger partial charge is 0.383 e. The van der Waals surface area contributed by atoms with Crippen molar-refractivity contribution in [1.82, 2.24) is 25.2 Å². The number of likely N-dealkylation sites (tertiary alicyclic amines) is 1. The molecule has 1 saturated carbocycles. The van der Waals surface area contributed by atoms with E-state index in [1.165, 1.54) is 19.3 Å². The third-order valence-electron chi connectivity index (χ3n) is 8.22. The standard InChI is InChI=1S/C24H33N5O2/c1-31-13-12-28-16-22-18-15-27(23(30)21-14-17-4-2-3-5-19(17)25-21)10-6-20(18)26-29(22)11-9-24(28)7-8-24/h2-5,14,18,20,22,25-26H,6-13,15-16H2,1H3. The second kappa shape index (κ2) is 7.59. The van der Waals surface area contributed by atoms with Gasteiger partial charge in [0, 0.05) is 74.3 Å². The van der Waals surface area contributed by atoms with Gasteiger partial charge >= 0.3 is 0 Å². The van der Waals surface area contributed by atoms with Crippen LogP contribution in [0, 0.1) is 5.92 Å². The molecule has 1 aliphatic carbocycles. The molecule has 3 aliphatic heterocycles. The number of ether oxygens (including phenoxy) is 1. The van der Waals surface area contributed by atoms with Crippen molar-refractivity contribution >= 4 is 16.8 Å². The minimum atomic E-state index is 0.136. The normalized spacial score (nSPS) is 30.4. The van der Waals surface area contributed by atoms with E-state index in [2.05, 4.69) is 31.3 Å². The van der Waals surface area contributed by atoms with Gasteiger partial charge < -0.3 is 14.6 Å². The number of hydrazine groups is 1. The first-order chi connectivity index (χ1) is 15.2. The first-order valence-electron chi connectivity index (χ1n) is 11.8. The SMILES string of the molecule is COCCN1CC2C3CN(C(=O)c4cc5ccccc5[nH]4)CCC3NN2CCC12CC2. The van der Waals surface area contributed by atoms with Crippen LogP contribution in [0.4, 0.5) is 0 Å². The number of hydrogen-bond acceptors (Lipinski definition) is 5. The van der Waals surface area contributed by atoms with Gasteiger partial charge in [0.2, 0.25) is 0 Å². The van der Waals surface area contributed by atoms with Crippen LogP contribution < -0.4 is 5.43 Å². The van der Waals surface area contributed by atoms with Crippen LogP contribution in [-0.2, 0) is 4.74 Å². The molecule has 2 aromatic rings. The molecule has 0 bridgehead atoms. The van der Waals surface area contributed by atoms with Crippen molar-refractivity contribution in [2.75, 3.05) is 46.4 Å². The second-order valence-corrected chi connectivity index (χ2v) is 9.88. The molecule has 166 valence electrons. The number of para-hydroxylation sites is 1. The van der Waals surface area contributed by atoms with Crippen LogP contribution in [0.3, 0.4) is 0 Å². The summed E-state index contributed by atoms with van der Waals surface area (Å²) in [5.41, 5.74) is 5.96. The summed E-state index contributed by atoms with van der Waals surface area (Å²) in [6, 6.07) is 11.0. The van der Waals surface area contributed by atoms with Crippen LogP contribution in [0.5, 0.6) is 0 Å². The lowest BCUT2D eigenvalue weighted by Gasteiger charge is -2.38. The van der Waals surface area contributed by atoms with Gasteiger partial charge in [0.05, 0.1) is 6.61 Å². The van der Waals surface area contributed by atoms with E-state index in [-0.39, 0.29) is 5.91 Å². The van der Waals surface area contributed by atoms with Crippen molar-refractivity contribution in [1.29, 1.82) is 0 Å². The van der Waals surface area contributed by atoms with E-state index < -0.39 is 0 Å². The van der Waals surface area contributed by atoms with Gasteiger partial charge in [-0.15, -0.1) is 0 Å². The Labute approximate surface area is 183 Å². The molecule has 6 rings (SSSR count). The average molecular weight is 424 g/mol. The van der Waals surface area contributed by atoms with Gasteiger partial charge in [-0.25, -0.2) is 5.01 Å². The molecule has 1 aromatic heterocycles. The van der Waals surface area contributed by atoms with E-state index in [0.717, 1.165) is 56.7 Å². The summed E-state index contributed by atoms with van der Waals surface area (Å²) in [6.07, 6.45) is 4.89. The first-order valence-corrected chi connectivity index (χ1v) is 11.8. The molecule has 7 heteroatoms. The molecule has 1 aromatic carbocycles. The molecule has 3 unspecified atom stereocenters. The molecular formula is C24H33N5O2. The van der Waals surface area contributed by atoms with Gasteiger partial charge in [-0.2, -0.15) is 0 Å². The highest BCUT2D eigenvalue weighted by molar-refractivity contribution is 5.98. The van der Waals surface area contributed by atoms with Crippen LogP contribution >= 0.6 is 0 Å². The highest BCUT2D eigenvalue weighted by atomic mass is 16.5. The van der Waals surface area contributed by atoms with E-state index >= 15 is 0 Å². The average Bonchev–Trinajstić information content (AvgIpc) is 3.37. The molecule has 3 saturated heterocycles. The molecule has 31 heavy (non-hydrogen) atoms. The minimum absolute atomic E-state index is 0.136. The highest BCUT2D eigenvalue weighted by Gasteiger charge is 2.54. The third kappa shape index (κ3) is 3.39. The number of methoxy groups -OCH3 is 1. The molecule has 2 N–H and O–H groups in total. The Hall–Kier alpha value is -1.93. The Kier molecular flexibility index (Phi) is 4.83. The maximum atomic E-state index is 13.3. The lowest BCUT2D eigenvalue weighted by atomic mass is 9.87. The fourth-order valence-electron chi connectivity index (χ4n) is 6.23. The number of H-pyrrole nitrogens is 1. The van der Waals surface area contributed by atoms with Gasteiger partial charge in [-0.05, 0) is 37.8 Å². The van der Waals surface area contributed by atoms with E-state index in [9.17, 15) is 4.79 Å². The Balaban J connectivity index is 1.20. The van der Waals surface area contributed by atoms with Crippen molar-refractivity contribution in [3.63, 3.8) is 0 Å². The van der Waals surface area contributed by atoms with E-state index in [4.69, 9.17) is 4.74 Å². The number of carbonyl (C=O) groups is 1. The summed E-state index contributed by atoms with van der Waals surface area (Å²) in [7, 11) is 1.80. The predicted molar refractivity (Wildman–Crippen MR) is 120 cm³/mol. The molecule has 4 heterocycles. The van der Waals surface area contributed by atoms with Crippen LogP contribution in [0.1, 0.15) is 36.2 Å². The van der Waals surface area contributed by atoms with Gasteiger partial charge in [0.25, 0.3) is 5.91 Å². The van der Waals surface area contributed by atoms with Crippen LogP contribution in [0.15, 0.2) is 30.3 Å². The predicted octanol–water partition coefficient (Wildman–Crippen LogP) is 2.07. The molecule has 7 nitrogen and oxygen atoms in total. The zero-order valence-electron chi connectivity index (χ0n) is 18.3. The molecule has 3 atom stereocenters. The first kappa shape index (κ1) is 19.7. The van der Waals surface area contributed by atoms with Crippen molar-refractivity contribution in [2.45, 2.75) is 43.3 Å². The number of benzene rings is 1. The summed E-state index contributed by atoms with van der Waals surface area (Å²) in [5.74, 6) is 0.609. The molecule has 0 radical (unpaired) electrons. The Morgan fingerprint density at radius 1 is 1.19 bits per heavy atom. The number of piperidine rings is 1. The number of rotatable bonds is 4. The van der Waals surface area contributed by atoms with Crippen LogP contribution in [0.25, 0.3) is 10.9 Å². The van der Waals surface area contributed by atoms with Crippen molar-refractivity contribution in [3.8, 4) is 0 Å². The Morgan fingerprint density at radius 2 is 2.06 bits per heavy atom. The zero-order chi connectivity index (χ0) is 21.0. The van der Waals surface area contributed by atoms with Crippen molar-refractivity contribution in [3.05, 3.63) is 36.0 Å². The fraction of sp³-hybridized carbons (Fsp3) is 0.625.